The zero-order chi connectivity index (χ0) is 23.0. The van der Waals surface area contributed by atoms with Crippen LogP contribution in [-0.2, 0) is 12.7 Å². The number of hydrogen-bond acceptors (Lipinski definition) is 4. The third-order valence-corrected chi connectivity index (χ3v) is 4.98. The Morgan fingerprint density at radius 3 is 2.44 bits per heavy atom. The molecule has 0 radical (unpaired) electrons. The van der Waals surface area contributed by atoms with Crippen LogP contribution >= 0.6 is 15.9 Å². The molecule has 0 aliphatic rings. The van der Waals surface area contributed by atoms with Gasteiger partial charge in [-0.3, -0.25) is 4.79 Å². The standard InChI is InChI=1S/C21H11BrF5N3O2/c22-11-6-15(23)14(16(24)7-11)9-30-10-29-20(31)13-8-12(3-4-17(13)30)32-18-2-1-5-28-19(18)21(25,26)27/h1-8,10H,9H2. The Morgan fingerprint density at radius 2 is 1.75 bits per heavy atom. The molecule has 0 saturated heterocycles. The quantitative estimate of drug-likeness (QED) is 0.330. The summed E-state index contributed by atoms with van der Waals surface area (Å²) in [7, 11) is 0. The summed E-state index contributed by atoms with van der Waals surface area (Å²) in [5, 5.41) is 0.000349. The number of pyridine rings is 1. The summed E-state index contributed by atoms with van der Waals surface area (Å²) in [5.74, 6) is -2.18. The van der Waals surface area contributed by atoms with E-state index >= 15 is 0 Å². The van der Waals surface area contributed by atoms with E-state index in [1.54, 1.807) is 0 Å². The van der Waals surface area contributed by atoms with Crippen LogP contribution < -0.4 is 10.3 Å². The van der Waals surface area contributed by atoms with Gasteiger partial charge in [-0.25, -0.2) is 13.8 Å². The minimum Gasteiger partial charge on any atom is -0.455 e. The second kappa shape index (κ2) is 8.30. The molecule has 2 heterocycles. The van der Waals surface area contributed by atoms with Gasteiger partial charge in [-0.15, -0.1) is 0 Å². The molecule has 2 aromatic heterocycles. The molecule has 2 aromatic carbocycles. The van der Waals surface area contributed by atoms with Crippen molar-refractivity contribution in [3.8, 4) is 11.5 Å². The summed E-state index contributed by atoms with van der Waals surface area (Å²) in [6.07, 6.45) is -2.62. The number of rotatable bonds is 4. The van der Waals surface area contributed by atoms with Gasteiger partial charge in [0.05, 0.1) is 23.8 Å². The van der Waals surface area contributed by atoms with Crippen molar-refractivity contribution >= 4 is 26.8 Å². The van der Waals surface area contributed by atoms with Crippen LogP contribution in [0.25, 0.3) is 10.9 Å². The van der Waals surface area contributed by atoms with Gasteiger partial charge in [0.15, 0.2) is 11.4 Å². The smallest absolute Gasteiger partial charge is 0.437 e. The highest BCUT2D eigenvalue weighted by Gasteiger charge is 2.36. The van der Waals surface area contributed by atoms with Crippen molar-refractivity contribution < 1.29 is 26.7 Å². The maximum absolute atomic E-state index is 14.2. The van der Waals surface area contributed by atoms with E-state index in [4.69, 9.17) is 4.74 Å². The van der Waals surface area contributed by atoms with Crippen molar-refractivity contribution in [1.82, 2.24) is 14.5 Å². The summed E-state index contributed by atoms with van der Waals surface area (Å²) in [6, 6.07) is 8.53. The third-order valence-electron chi connectivity index (χ3n) is 4.52. The lowest BCUT2D eigenvalue weighted by Gasteiger charge is -2.14. The van der Waals surface area contributed by atoms with Crippen molar-refractivity contribution in [3.05, 3.63) is 92.7 Å². The molecule has 0 aliphatic carbocycles. The fourth-order valence-electron chi connectivity index (χ4n) is 3.09. The van der Waals surface area contributed by atoms with Gasteiger partial charge in [0, 0.05) is 16.2 Å². The molecule has 0 amide bonds. The lowest BCUT2D eigenvalue weighted by molar-refractivity contribution is -0.142. The number of alkyl halides is 3. The van der Waals surface area contributed by atoms with Crippen LogP contribution in [0.3, 0.4) is 0 Å². The Bertz CT molecular complexity index is 1370. The van der Waals surface area contributed by atoms with Crippen molar-refractivity contribution in [2.45, 2.75) is 12.7 Å². The number of ether oxygens (including phenoxy) is 1. The highest BCUT2D eigenvalue weighted by atomic mass is 79.9. The molecule has 0 atom stereocenters. The normalized spacial score (nSPS) is 11.7. The predicted octanol–water partition coefficient (Wildman–Crippen LogP) is 5.69. The molecule has 0 unspecified atom stereocenters. The van der Waals surface area contributed by atoms with Crippen LogP contribution in [0, 0.1) is 11.6 Å². The average molecular weight is 512 g/mol. The topological polar surface area (TPSA) is 57.0 Å². The monoisotopic (exact) mass is 511 g/mol. The van der Waals surface area contributed by atoms with E-state index in [2.05, 4.69) is 25.9 Å². The van der Waals surface area contributed by atoms with Crippen LogP contribution in [0.5, 0.6) is 11.5 Å². The lowest BCUT2D eigenvalue weighted by atomic mass is 10.1. The molecule has 4 aromatic rings. The Balaban J connectivity index is 1.74. The molecular formula is C21H11BrF5N3O2. The first-order valence-corrected chi connectivity index (χ1v) is 9.75. The van der Waals surface area contributed by atoms with Crippen molar-refractivity contribution in [2.24, 2.45) is 0 Å². The number of aromatic nitrogens is 3. The van der Waals surface area contributed by atoms with Crippen LogP contribution in [-0.4, -0.2) is 14.5 Å². The van der Waals surface area contributed by atoms with Crippen molar-refractivity contribution in [3.63, 3.8) is 0 Å². The van der Waals surface area contributed by atoms with Crippen LogP contribution in [0.15, 0.2) is 64.3 Å². The zero-order valence-electron chi connectivity index (χ0n) is 15.8. The van der Waals surface area contributed by atoms with Crippen LogP contribution in [0.2, 0.25) is 0 Å². The maximum Gasteiger partial charge on any atom is 0.437 e. The van der Waals surface area contributed by atoms with Gasteiger partial charge >= 0.3 is 6.18 Å². The van der Waals surface area contributed by atoms with Crippen molar-refractivity contribution in [2.75, 3.05) is 0 Å². The minimum atomic E-state index is -4.74. The van der Waals surface area contributed by atoms with E-state index in [0.29, 0.717) is 0 Å². The van der Waals surface area contributed by atoms with E-state index in [1.807, 2.05) is 0 Å². The minimum absolute atomic E-state index is 0.000349. The van der Waals surface area contributed by atoms with Crippen LogP contribution in [0.1, 0.15) is 11.3 Å². The first-order chi connectivity index (χ1) is 15.1. The van der Waals surface area contributed by atoms with Gasteiger partial charge in [0.25, 0.3) is 5.56 Å². The largest absolute Gasteiger partial charge is 0.455 e. The zero-order valence-corrected chi connectivity index (χ0v) is 17.4. The number of fused-ring (bicyclic) bond motifs is 1. The second-order valence-electron chi connectivity index (χ2n) is 6.65. The third kappa shape index (κ3) is 4.33. The maximum atomic E-state index is 14.2. The number of halogens is 6. The fourth-order valence-corrected chi connectivity index (χ4v) is 3.49. The average Bonchev–Trinajstić information content (AvgIpc) is 2.72. The summed E-state index contributed by atoms with van der Waals surface area (Å²) >= 11 is 3.00. The summed E-state index contributed by atoms with van der Waals surface area (Å²) < 4.78 is 74.8. The Morgan fingerprint density at radius 1 is 1.03 bits per heavy atom. The fraction of sp³-hybridized carbons (Fsp3) is 0.0952. The molecule has 0 bridgehead atoms. The number of nitrogens with zero attached hydrogens (tertiary/aromatic N) is 3. The molecule has 0 fully saturated rings. The Labute approximate surface area is 185 Å². The van der Waals surface area contributed by atoms with E-state index in [9.17, 15) is 26.7 Å². The molecule has 32 heavy (non-hydrogen) atoms. The summed E-state index contributed by atoms with van der Waals surface area (Å²) in [6.45, 7) is -0.268. The first kappa shape index (κ1) is 21.9. The highest BCUT2D eigenvalue weighted by molar-refractivity contribution is 9.10. The lowest BCUT2D eigenvalue weighted by Crippen LogP contribution is -2.14. The molecule has 0 saturated carbocycles. The molecule has 0 aliphatic heterocycles. The van der Waals surface area contributed by atoms with E-state index < -0.39 is 34.8 Å². The van der Waals surface area contributed by atoms with Crippen molar-refractivity contribution in [1.29, 1.82) is 0 Å². The van der Waals surface area contributed by atoms with Gasteiger partial charge in [-0.2, -0.15) is 18.2 Å². The molecule has 0 spiro atoms. The summed E-state index contributed by atoms with van der Waals surface area (Å²) in [4.78, 5) is 19.3. The SMILES string of the molecule is O=c1ncn(Cc2c(F)cc(Br)cc2F)c2ccc(Oc3cccnc3C(F)(F)F)cc12. The van der Waals surface area contributed by atoms with E-state index in [-0.39, 0.29) is 33.2 Å². The predicted molar refractivity (Wildman–Crippen MR) is 108 cm³/mol. The first-order valence-electron chi connectivity index (χ1n) is 8.96. The Hall–Kier alpha value is -3.34. The van der Waals surface area contributed by atoms with E-state index in [1.165, 1.54) is 28.8 Å². The molecule has 11 heteroatoms. The van der Waals surface area contributed by atoms with Gasteiger partial charge < -0.3 is 9.30 Å². The molecular weight excluding hydrogens is 501 g/mol. The number of benzene rings is 2. The second-order valence-corrected chi connectivity index (χ2v) is 7.57. The van der Waals surface area contributed by atoms with Crippen LogP contribution in [0.4, 0.5) is 22.0 Å². The van der Waals surface area contributed by atoms with Gasteiger partial charge in [0.1, 0.15) is 17.4 Å². The molecule has 0 N–H and O–H groups in total. The molecule has 5 nitrogen and oxygen atoms in total. The van der Waals surface area contributed by atoms with Gasteiger partial charge in [-0.1, -0.05) is 15.9 Å². The highest BCUT2D eigenvalue weighted by Crippen LogP contribution is 2.36. The molecule has 164 valence electrons. The number of hydrogen-bond donors (Lipinski definition) is 0. The molecule has 4 rings (SSSR count). The van der Waals surface area contributed by atoms with E-state index in [0.717, 1.165) is 30.7 Å². The Kier molecular flexibility index (Phi) is 5.68. The van der Waals surface area contributed by atoms with Gasteiger partial charge in [0.2, 0.25) is 0 Å². The summed E-state index contributed by atoms with van der Waals surface area (Å²) in [5.41, 5.74) is -1.88. The van der Waals surface area contributed by atoms with Gasteiger partial charge in [-0.05, 0) is 42.5 Å².